The van der Waals surface area contributed by atoms with E-state index in [1.54, 1.807) is 24.5 Å². The Morgan fingerprint density at radius 3 is 2.85 bits per heavy atom. The molecule has 1 aromatic carbocycles. The Hall–Kier alpha value is -2.63. The highest BCUT2D eigenvalue weighted by Crippen LogP contribution is 2.37. The van der Waals surface area contributed by atoms with Crippen LogP contribution in [0.15, 0.2) is 54.9 Å². The monoisotopic (exact) mass is 367 g/mol. The molecule has 0 radical (unpaired) electrons. The summed E-state index contributed by atoms with van der Waals surface area (Å²) >= 11 is 5.92. The summed E-state index contributed by atoms with van der Waals surface area (Å²) in [4.78, 5) is 11.0. The van der Waals surface area contributed by atoms with Gasteiger partial charge in [-0.3, -0.25) is 14.9 Å². The second-order valence-electron chi connectivity index (χ2n) is 6.23. The predicted octanol–water partition coefficient (Wildman–Crippen LogP) is 3.90. The van der Waals surface area contributed by atoms with Gasteiger partial charge in [-0.15, -0.1) is 0 Å². The van der Waals surface area contributed by atoms with Crippen molar-refractivity contribution in [2.24, 2.45) is 0 Å². The highest BCUT2D eigenvalue weighted by atomic mass is 35.5. The summed E-state index contributed by atoms with van der Waals surface area (Å²) in [7, 11) is 0. The molecule has 6 heteroatoms. The number of ether oxygens (including phenoxy) is 1. The number of hydrogen-bond donors (Lipinski definition) is 1. The molecule has 3 aromatic rings. The number of phenols is 1. The zero-order valence-electron chi connectivity index (χ0n) is 14.1. The molecule has 0 bridgehead atoms. The standard InChI is InChI=1S/C20H18ClN3O2/c21-16-4-5-18(23-11-16)14-9-15-12-24(13-17-3-1-2-6-22-17)7-8-26-20(15)19(25)10-14/h1-6,9-11,25H,7-8,12-13H2. The topological polar surface area (TPSA) is 58.5 Å². The van der Waals surface area contributed by atoms with Crippen molar-refractivity contribution >= 4 is 11.6 Å². The Labute approximate surface area is 156 Å². The van der Waals surface area contributed by atoms with Crippen LogP contribution in [0.1, 0.15) is 11.3 Å². The first-order chi connectivity index (χ1) is 12.7. The van der Waals surface area contributed by atoms with E-state index in [9.17, 15) is 5.11 Å². The molecule has 0 amide bonds. The highest BCUT2D eigenvalue weighted by Gasteiger charge is 2.20. The van der Waals surface area contributed by atoms with Gasteiger partial charge >= 0.3 is 0 Å². The molecule has 0 unspecified atom stereocenters. The van der Waals surface area contributed by atoms with Crippen LogP contribution in [0.25, 0.3) is 11.3 Å². The Morgan fingerprint density at radius 1 is 1.15 bits per heavy atom. The number of nitrogens with zero attached hydrogens (tertiary/aromatic N) is 3. The number of aromatic nitrogens is 2. The zero-order chi connectivity index (χ0) is 17.9. The van der Waals surface area contributed by atoms with Gasteiger partial charge in [-0.2, -0.15) is 0 Å². The predicted molar refractivity (Wildman–Crippen MR) is 100 cm³/mol. The van der Waals surface area contributed by atoms with Gasteiger partial charge < -0.3 is 9.84 Å². The molecule has 0 saturated carbocycles. The fourth-order valence-corrected chi connectivity index (χ4v) is 3.22. The van der Waals surface area contributed by atoms with Crippen molar-refractivity contribution in [1.82, 2.24) is 14.9 Å². The molecule has 4 rings (SSSR count). The van der Waals surface area contributed by atoms with Crippen molar-refractivity contribution in [2.75, 3.05) is 13.2 Å². The molecular weight excluding hydrogens is 350 g/mol. The van der Waals surface area contributed by atoms with Crippen molar-refractivity contribution in [3.05, 3.63) is 71.1 Å². The first kappa shape index (κ1) is 16.8. The van der Waals surface area contributed by atoms with Crippen LogP contribution in [0.4, 0.5) is 0 Å². The third-order valence-corrected chi connectivity index (χ3v) is 4.55. The molecule has 26 heavy (non-hydrogen) atoms. The molecule has 132 valence electrons. The zero-order valence-corrected chi connectivity index (χ0v) is 14.9. The molecule has 0 fully saturated rings. The maximum Gasteiger partial charge on any atom is 0.165 e. The van der Waals surface area contributed by atoms with Crippen molar-refractivity contribution < 1.29 is 9.84 Å². The Balaban J connectivity index is 1.64. The van der Waals surface area contributed by atoms with Gasteiger partial charge in [0.1, 0.15) is 6.61 Å². The van der Waals surface area contributed by atoms with Gasteiger partial charge in [-0.1, -0.05) is 17.7 Å². The Morgan fingerprint density at radius 2 is 2.08 bits per heavy atom. The minimum atomic E-state index is 0.133. The molecule has 3 heterocycles. The van der Waals surface area contributed by atoms with Crippen molar-refractivity contribution in [2.45, 2.75) is 13.1 Å². The third-order valence-electron chi connectivity index (χ3n) is 4.33. The van der Waals surface area contributed by atoms with Crippen LogP contribution in [0.2, 0.25) is 5.02 Å². The lowest BCUT2D eigenvalue weighted by atomic mass is 10.0. The summed E-state index contributed by atoms with van der Waals surface area (Å²) in [5.41, 5.74) is 3.54. The molecule has 1 aliphatic heterocycles. The Bertz CT molecular complexity index is 901. The maximum atomic E-state index is 10.4. The summed E-state index contributed by atoms with van der Waals surface area (Å²) in [6.07, 6.45) is 3.40. The first-order valence-corrected chi connectivity index (χ1v) is 8.80. The smallest absolute Gasteiger partial charge is 0.165 e. The van der Waals surface area contributed by atoms with E-state index in [-0.39, 0.29) is 5.75 Å². The van der Waals surface area contributed by atoms with Gasteiger partial charge in [0.05, 0.1) is 16.4 Å². The average Bonchev–Trinajstić information content (AvgIpc) is 2.85. The van der Waals surface area contributed by atoms with Gasteiger partial charge in [0.25, 0.3) is 0 Å². The molecule has 2 aromatic heterocycles. The van der Waals surface area contributed by atoms with E-state index in [0.717, 1.165) is 35.6 Å². The molecular formula is C20H18ClN3O2. The molecule has 0 saturated heterocycles. The minimum Gasteiger partial charge on any atom is -0.504 e. The second kappa shape index (κ2) is 7.32. The van der Waals surface area contributed by atoms with Crippen LogP contribution >= 0.6 is 11.6 Å². The second-order valence-corrected chi connectivity index (χ2v) is 6.66. The number of benzene rings is 1. The lowest BCUT2D eigenvalue weighted by Gasteiger charge is -2.19. The molecule has 0 aliphatic carbocycles. The number of aromatic hydroxyl groups is 1. The van der Waals surface area contributed by atoms with Crippen LogP contribution < -0.4 is 4.74 Å². The lowest BCUT2D eigenvalue weighted by Crippen LogP contribution is -2.25. The lowest BCUT2D eigenvalue weighted by molar-refractivity contribution is 0.215. The summed E-state index contributed by atoms with van der Waals surface area (Å²) in [5.74, 6) is 0.681. The number of rotatable bonds is 3. The fraction of sp³-hybridized carbons (Fsp3) is 0.200. The summed E-state index contributed by atoms with van der Waals surface area (Å²) in [6, 6.07) is 13.2. The fourth-order valence-electron chi connectivity index (χ4n) is 3.10. The van der Waals surface area contributed by atoms with Gasteiger partial charge in [-0.05, 0) is 36.4 Å². The summed E-state index contributed by atoms with van der Waals surface area (Å²) in [5, 5.41) is 11.0. The van der Waals surface area contributed by atoms with Crippen LogP contribution in [0, 0.1) is 0 Å². The van der Waals surface area contributed by atoms with E-state index in [0.29, 0.717) is 23.9 Å². The maximum absolute atomic E-state index is 10.4. The normalized spacial score (nSPS) is 14.3. The minimum absolute atomic E-state index is 0.133. The van der Waals surface area contributed by atoms with Crippen LogP contribution in [-0.4, -0.2) is 33.1 Å². The van der Waals surface area contributed by atoms with E-state index < -0.39 is 0 Å². The van der Waals surface area contributed by atoms with Crippen molar-refractivity contribution in [3.63, 3.8) is 0 Å². The average molecular weight is 368 g/mol. The number of phenolic OH excluding ortho intramolecular Hbond substituents is 1. The SMILES string of the molecule is Oc1cc(-c2ccc(Cl)cn2)cc2c1OCCN(Cc1ccccn1)C2. The van der Waals surface area contributed by atoms with Gasteiger partial charge in [0.2, 0.25) is 0 Å². The van der Waals surface area contributed by atoms with Gasteiger partial charge in [-0.25, -0.2) is 0 Å². The van der Waals surface area contributed by atoms with Crippen molar-refractivity contribution in [1.29, 1.82) is 0 Å². The van der Waals surface area contributed by atoms with Gasteiger partial charge in [0, 0.05) is 43.2 Å². The summed E-state index contributed by atoms with van der Waals surface area (Å²) in [6.45, 7) is 2.68. The number of fused-ring (bicyclic) bond motifs is 1. The molecule has 0 spiro atoms. The molecule has 0 atom stereocenters. The summed E-state index contributed by atoms with van der Waals surface area (Å²) < 4.78 is 5.80. The van der Waals surface area contributed by atoms with E-state index in [1.165, 1.54) is 0 Å². The Kier molecular flexibility index (Phi) is 4.73. The highest BCUT2D eigenvalue weighted by molar-refractivity contribution is 6.30. The molecule has 1 aliphatic rings. The van der Waals surface area contributed by atoms with Gasteiger partial charge in [0.15, 0.2) is 11.5 Å². The largest absolute Gasteiger partial charge is 0.504 e. The van der Waals surface area contributed by atoms with Crippen LogP contribution in [0.3, 0.4) is 0 Å². The number of halogens is 1. The number of hydrogen-bond acceptors (Lipinski definition) is 5. The van der Waals surface area contributed by atoms with Crippen LogP contribution in [0.5, 0.6) is 11.5 Å². The van der Waals surface area contributed by atoms with Crippen molar-refractivity contribution in [3.8, 4) is 22.8 Å². The van der Waals surface area contributed by atoms with E-state index in [2.05, 4.69) is 14.9 Å². The van der Waals surface area contributed by atoms with E-state index in [1.807, 2.05) is 30.3 Å². The number of pyridine rings is 2. The van der Waals surface area contributed by atoms with E-state index in [4.69, 9.17) is 16.3 Å². The first-order valence-electron chi connectivity index (χ1n) is 8.42. The van der Waals surface area contributed by atoms with Crippen LogP contribution in [-0.2, 0) is 13.1 Å². The molecule has 5 nitrogen and oxygen atoms in total. The molecule has 1 N–H and O–H groups in total. The third kappa shape index (κ3) is 3.64. The van der Waals surface area contributed by atoms with E-state index >= 15 is 0 Å². The quantitative estimate of drug-likeness (QED) is 0.760.